The molecule has 0 amide bonds. The predicted octanol–water partition coefficient (Wildman–Crippen LogP) is 2.07. The van der Waals surface area contributed by atoms with E-state index in [1.54, 1.807) is 0 Å². The van der Waals surface area contributed by atoms with Gasteiger partial charge in [0.15, 0.2) is 0 Å². The lowest BCUT2D eigenvalue weighted by atomic mass is 10.0. The number of aromatic nitrogens is 1. The highest BCUT2D eigenvalue weighted by molar-refractivity contribution is 5.66. The second kappa shape index (κ2) is 4.99. The van der Waals surface area contributed by atoms with E-state index in [-0.39, 0.29) is 5.56 Å². The van der Waals surface area contributed by atoms with E-state index in [1.165, 1.54) is 11.3 Å². The lowest BCUT2D eigenvalue weighted by Gasteiger charge is -2.20. The molecule has 22 heavy (non-hydrogen) atoms. The number of pyridine rings is 1. The third-order valence-corrected chi connectivity index (χ3v) is 4.85. The van der Waals surface area contributed by atoms with Crippen LogP contribution in [0, 0.1) is 6.92 Å². The number of aryl methyl sites for hydroxylation is 2. The van der Waals surface area contributed by atoms with Crippen LogP contribution < -0.4 is 15.8 Å². The van der Waals surface area contributed by atoms with Crippen molar-refractivity contribution in [1.82, 2.24) is 10.3 Å². The molecule has 2 aromatic rings. The Bertz CT molecular complexity index is 753. The maximum atomic E-state index is 11.9. The average molecular weight is 295 g/mol. The Labute approximate surface area is 130 Å². The summed E-state index contributed by atoms with van der Waals surface area (Å²) in [6.45, 7) is 6.18. The van der Waals surface area contributed by atoms with Gasteiger partial charge in [-0.05, 0) is 42.7 Å². The molecule has 2 atom stereocenters. The van der Waals surface area contributed by atoms with Gasteiger partial charge in [0.05, 0.1) is 5.69 Å². The molecule has 0 radical (unpaired) electrons. The van der Waals surface area contributed by atoms with Crippen LogP contribution in [-0.4, -0.2) is 30.2 Å². The van der Waals surface area contributed by atoms with Crippen LogP contribution in [0.2, 0.25) is 0 Å². The van der Waals surface area contributed by atoms with Gasteiger partial charge in [0.1, 0.15) is 0 Å². The molecule has 2 fully saturated rings. The highest BCUT2D eigenvalue weighted by Gasteiger charge is 2.44. The molecule has 2 unspecified atom stereocenters. The van der Waals surface area contributed by atoms with Gasteiger partial charge in [-0.3, -0.25) is 4.79 Å². The number of H-pyrrole nitrogens is 1. The van der Waals surface area contributed by atoms with Crippen molar-refractivity contribution >= 4 is 5.69 Å². The lowest BCUT2D eigenvalue weighted by Crippen LogP contribution is -2.26. The number of piperazine rings is 1. The molecule has 0 saturated carbocycles. The van der Waals surface area contributed by atoms with Gasteiger partial charge < -0.3 is 15.2 Å². The number of hydrogen-bond acceptors (Lipinski definition) is 3. The SMILES string of the molecule is CCc1cc(C)c(=O)[nH]c1-c1ccc(N2CC3NC3C2)cc1. The van der Waals surface area contributed by atoms with E-state index in [2.05, 4.69) is 46.4 Å². The van der Waals surface area contributed by atoms with E-state index in [0.717, 1.165) is 36.3 Å². The molecule has 4 nitrogen and oxygen atoms in total. The molecule has 4 heteroatoms. The maximum absolute atomic E-state index is 11.9. The quantitative estimate of drug-likeness (QED) is 0.852. The Balaban J connectivity index is 1.65. The van der Waals surface area contributed by atoms with Crippen molar-refractivity contribution in [3.05, 3.63) is 51.8 Å². The molecule has 1 aromatic heterocycles. The van der Waals surface area contributed by atoms with E-state index in [0.29, 0.717) is 12.1 Å². The number of aromatic amines is 1. The number of nitrogens with zero attached hydrogens (tertiary/aromatic N) is 1. The van der Waals surface area contributed by atoms with Gasteiger partial charge in [0.25, 0.3) is 5.56 Å². The first kappa shape index (κ1) is 13.6. The second-order valence-corrected chi connectivity index (χ2v) is 6.37. The van der Waals surface area contributed by atoms with Crippen molar-refractivity contribution in [3.63, 3.8) is 0 Å². The predicted molar refractivity (Wildman–Crippen MR) is 89.5 cm³/mol. The van der Waals surface area contributed by atoms with Gasteiger partial charge in [0, 0.05) is 36.4 Å². The van der Waals surface area contributed by atoms with E-state index >= 15 is 0 Å². The van der Waals surface area contributed by atoms with Crippen LogP contribution in [0.3, 0.4) is 0 Å². The van der Waals surface area contributed by atoms with Crippen LogP contribution in [0.25, 0.3) is 11.3 Å². The van der Waals surface area contributed by atoms with Gasteiger partial charge in [-0.2, -0.15) is 0 Å². The fraction of sp³-hybridized carbons (Fsp3) is 0.389. The number of nitrogens with one attached hydrogen (secondary N) is 2. The standard InChI is InChI=1S/C18H21N3O/c1-3-12-8-11(2)18(22)20-17(12)13-4-6-14(7-5-13)21-9-15-16(10-21)19-15/h4-8,15-16,19H,3,9-10H2,1-2H3,(H,20,22). The van der Waals surface area contributed by atoms with Crippen LogP contribution in [-0.2, 0) is 6.42 Å². The summed E-state index contributed by atoms with van der Waals surface area (Å²) in [4.78, 5) is 17.4. The molecule has 3 heterocycles. The molecule has 114 valence electrons. The number of benzene rings is 1. The Morgan fingerprint density at radius 1 is 1.18 bits per heavy atom. The minimum absolute atomic E-state index is 0.00183. The van der Waals surface area contributed by atoms with Gasteiger partial charge in [-0.1, -0.05) is 19.1 Å². The largest absolute Gasteiger partial charge is 0.368 e. The van der Waals surface area contributed by atoms with Crippen molar-refractivity contribution in [2.24, 2.45) is 0 Å². The normalized spacial score (nSPS) is 22.7. The summed E-state index contributed by atoms with van der Waals surface area (Å²) in [6, 6.07) is 12.0. The molecule has 2 aliphatic rings. The third-order valence-electron chi connectivity index (χ3n) is 4.85. The van der Waals surface area contributed by atoms with E-state index in [4.69, 9.17) is 0 Å². The zero-order chi connectivity index (χ0) is 15.3. The number of hydrogen-bond donors (Lipinski definition) is 2. The van der Waals surface area contributed by atoms with Crippen molar-refractivity contribution in [3.8, 4) is 11.3 Å². The summed E-state index contributed by atoms with van der Waals surface area (Å²) in [5.41, 5.74) is 5.28. The maximum Gasteiger partial charge on any atom is 0.251 e. The summed E-state index contributed by atoms with van der Waals surface area (Å²) >= 11 is 0. The zero-order valence-corrected chi connectivity index (χ0v) is 13.0. The fourth-order valence-electron chi connectivity index (χ4n) is 3.41. The van der Waals surface area contributed by atoms with Crippen molar-refractivity contribution in [1.29, 1.82) is 0 Å². The van der Waals surface area contributed by atoms with E-state index in [1.807, 2.05) is 13.0 Å². The van der Waals surface area contributed by atoms with E-state index < -0.39 is 0 Å². The Morgan fingerprint density at radius 3 is 2.50 bits per heavy atom. The smallest absolute Gasteiger partial charge is 0.251 e. The third kappa shape index (κ3) is 2.24. The zero-order valence-electron chi connectivity index (χ0n) is 13.0. The summed E-state index contributed by atoms with van der Waals surface area (Å²) < 4.78 is 0. The molecule has 0 spiro atoms. The first-order chi connectivity index (χ1) is 10.7. The summed E-state index contributed by atoms with van der Waals surface area (Å²) in [5.74, 6) is 0. The summed E-state index contributed by atoms with van der Waals surface area (Å²) in [7, 11) is 0. The molecule has 2 saturated heterocycles. The Hall–Kier alpha value is -2.07. The van der Waals surface area contributed by atoms with Crippen molar-refractivity contribution in [2.45, 2.75) is 32.4 Å². The molecule has 1 aromatic carbocycles. The molecular formula is C18H21N3O. The number of fused-ring (bicyclic) bond motifs is 1. The molecule has 4 rings (SSSR count). The summed E-state index contributed by atoms with van der Waals surface area (Å²) in [5, 5.41) is 3.45. The van der Waals surface area contributed by atoms with Crippen LogP contribution in [0.1, 0.15) is 18.1 Å². The van der Waals surface area contributed by atoms with Crippen LogP contribution >= 0.6 is 0 Å². The molecule has 2 N–H and O–H groups in total. The minimum Gasteiger partial charge on any atom is -0.368 e. The van der Waals surface area contributed by atoms with Gasteiger partial charge in [-0.15, -0.1) is 0 Å². The van der Waals surface area contributed by atoms with Crippen molar-refractivity contribution in [2.75, 3.05) is 18.0 Å². The van der Waals surface area contributed by atoms with Crippen LogP contribution in [0.4, 0.5) is 5.69 Å². The average Bonchev–Trinajstić information content (AvgIpc) is 3.15. The van der Waals surface area contributed by atoms with E-state index in [9.17, 15) is 4.79 Å². The van der Waals surface area contributed by atoms with Gasteiger partial charge in [0.2, 0.25) is 0 Å². The first-order valence-corrected chi connectivity index (χ1v) is 8.00. The molecule has 0 aliphatic carbocycles. The molecule has 0 bridgehead atoms. The molecule has 2 aliphatic heterocycles. The number of anilines is 1. The van der Waals surface area contributed by atoms with Gasteiger partial charge in [-0.25, -0.2) is 0 Å². The highest BCUT2D eigenvalue weighted by atomic mass is 16.1. The molecular weight excluding hydrogens is 274 g/mol. The lowest BCUT2D eigenvalue weighted by molar-refractivity contribution is 0.821. The first-order valence-electron chi connectivity index (χ1n) is 8.00. The second-order valence-electron chi connectivity index (χ2n) is 6.37. The van der Waals surface area contributed by atoms with Gasteiger partial charge >= 0.3 is 0 Å². The van der Waals surface area contributed by atoms with Crippen LogP contribution in [0.15, 0.2) is 35.1 Å². The fourth-order valence-corrected chi connectivity index (χ4v) is 3.41. The Kier molecular flexibility index (Phi) is 3.08. The highest BCUT2D eigenvalue weighted by Crippen LogP contribution is 2.29. The minimum atomic E-state index is 0.00183. The van der Waals surface area contributed by atoms with Crippen LogP contribution in [0.5, 0.6) is 0 Å². The Morgan fingerprint density at radius 2 is 1.86 bits per heavy atom. The topological polar surface area (TPSA) is 58.0 Å². The monoisotopic (exact) mass is 295 g/mol. The number of rotatable bonds is 3. The van der Waals surface area contributed by atoms with Crippen molar-refractivity contribution < 1.29 is 0 Å². The summed E-state index contributed by atoms with van der Waals surface area (Å²) in [6.07, 6.45) is 0.913.